The van der Waals surface area contributed by atoms with Gasteiger partial charge in [-0.05, 0) is 37.3 Å². The fraction of sp³-hybridized carbons (Fsp3) is 0.500. The van der Waals surface area contributed by atoms with Crippen LogP contribution in [0.5, 0.6) is 5.88 Å². The van der Waals surface area contributed by atoms with Crippen molar-refractivity contribution in [2.24, 2.45) is 0 Å². The fourth-order valence-electron chi connectivity index (χ4n) is 3.62. The van der Waals surface area contributed by atoms with Crippen molar-refractivity contribution in [1.82, 2.24) is 25.2 Å². The van der Waals surface area contributed by atoms with Gasteiger partial charge in [-0.15, -0.1) is 0 Å². The van der Waals surface area contributed by atoms with E-state index < -0.39 is 0 Å². The van der Waals surface area contributed by atoms with E-state index in [-0.39, 0.29) is 6.03 Å². The molecule has 1 saturated heterocycles. The zero-order chi connectivity index (χ0) is 19.2. The maximum Gasteiger partial charge on any atom is 0.317 e. The van der Waals surface area contributed by atoms with Crippen LogP contribution in [0.3, 0.4) is 0 Å². The quantitative estimate of drug-likeness (QED) is 0.854. The van der Waals surface area contributed by atoms with E-state index in [9.17, 15) is 4.79 Å². The molecule has 0 spiro atoms. The molecule has 28 heavy (non-hydrogen) atoms. The first kappa shape index (κ1) is 18.5. The van der Waals surface area contributed by atoms with Crippen molar-refractivity contribution >= 4 is 12.0 Å². The van der Waals surface area contributed by atoms with Crippen LogP contribution in [0, 0.1) is 0 Å². The van der Waals surface area contributed by atoms with Crippen molar-refractivity contribution in [2.75, 3.05) is 31.1 Å². The van der Waals surface area contributed by atoms with E-state index in [1.807, 2.05) is 17.0 Å². The van der Waals surface area contributed by atoms with Crippen molar-refractivity contribution in [3.63, 3.8) is 0 Å². The van der Waals surface area contributed by atoms with Crippen LogP contribution in [-0.2, 0) is 6.54 Å². The van der Waals surface area contributed by atoms with E-state index >= 15 is 0 Å². The number of carbonyl (C=O) groups excluding carboxylic acids is 1. The number of pyridine rings is 1. The largest absolute Gasteiger partial charge is 0.474 e. The lowest BCUT2D eigenvalue weighted by molar-refractivity contribution is 0.193. The number of nitrogens with zero attached hydrogens (tertiary/aromatic N) is 5. The Morgan fingerprint density at radius 3 is 2.50 bits per heavy atom. The molecule has 2 amide bonds. The lowest BCUT2D eigenvalue weighted by Crippen LogP contribution is -2.52. The monoisotopic (exact) mass is 382 g/mol. The van der Waals surface area contributed by atoms with Crippen molar-refractivity contribution in [3.05, 3.63) is 42.4 Å². The topological polar surface area (TPSA) is 83.5 Å². The van der Waals surface area contributed by atoms with Gasteiger partial charge in [-0.3, -0.25) is 0 Å². The second kappa shape index (κ2) is 8.86. The Balaban J connectivity index is 1.21. The van der Waals surface area contributed by atoms with Gasteiger partial charge in [0.25, 0.3) is 0 Å². The molecule has 8 nitrogen and oxygen atoms in total. The smallest absolute Gasteiger partial charge is 0.317 e. The van der Waals surface area contributed by atoms with Gasteiger partial charge >= 0.3 is 6.03 Å². The number of rotatable bonds is 5. The summed E-state index contributed by atoms with van der Waals surface area (Å²) in [5.74, 6) is 1.38. The highest BCUT2D eigenvalue weighted by molar-refractivity contribution is 5.74. The number of nitrogens with one attached hydrogen (secondary N) is 1. The molecule has 2 aromatic heterocycles. The Hall–Kier alpha value is -2.90. The summed E-state index contributed by atoms with van der Waals surface area (Å²) in [5.41, 5.74) is 0.962. The zero-order valence-electron chi connectivity index (χ0n) is 16.0. The van der Waals surface area contributed by atoms with Gasteiger partial charge in [0.15, 0.2) is 0 Å². The van der Waals surface area contributed by atoms with Crippen molar-refractivity contribution in [2.45, 2.75) is 38.3 Å². The van der Waals surface area contributed by atoms with E-state index in [0.717, 1.165) is 31.5 Å². The van der Waals surface area contributed by atoms with Crippen LogP contribution in [0.2, 0.25) is 0 Å². The average Bonchev–Trinajstić information content (AvgIpc) is 3.27. The Labute approximate surface area is 164 Å². The van der Waals surface area contributed by atoms with Gasteiger partial charge in [0, 0.05) is 57.4 Å². The third kappa shape index (κ3) is 4.68. The summed E-state index contributed by atoms with van der Waals surface area (Å²) >= 11 is 0. The van der Waals surface area contributed by atoms with Gasteiger partial charge in [-0.2, -0.15) is 0 Å². The van der Waals surface area contributed by atoms with E-state index in [1.165, 1.54) is 12.8 Å². The highest BCUT2D eigenvalue weighted by Gasteiger charge is 2.22. The van der Waals surface area contributed by atoms with Crippen LogP contribution in [0.15, 0.2) is 36.8 Å². The Morgan fingerprint density at radius 1 is 1.07 bits per heavy atom. The summed E-state index contributed by atoms with van der Waals surface area (Å²) in [6, 6.07) is 5.59. The van der Waals surface area contributed by atoms with Crippen molar-refractivity contribution in [1.29, 1.82) is 0 Å². The van der Waals surface area contributed by atoms with E-state index in [4.69, 9.17) is 4.74 Å². The van der Waals surface area contributed by atoms with Crippen molar-refractivity contribution < 1.29 is 9.53 Å². The number of urea groups is 1. The van der Waals surface area contributed by atoms with E-state index in [1.54, 1.807) is 24.7 Å². The minimum Gasteiger partial charge on any atom is -0.474 e. The molecule has 1 aliphatic heterocycles. The highest BCUT2D eigenvalue weighted by atomic mass is 16.5. The van der Waals surface area contributed by atoms with E-state index in [2.05, 4.69) is 25.2 Å². The third-order valence-electron chi connectivity index (χ3n) is 5.23. The second-order valence-corrected chi connectivity index (χ2v) is 7.21. The molecule has 0 bridgehead atoms. The Morgan fingerprint density at radius 2 is 1.82 bits per heavy atom. The number of ether oxygens (including phenoxy) is 1. The Bertz CT molecular complexity index is 756. The van der Waals surface area contributed by atoms with Crippen LogP contribution in [0.1, 0.15) is 31.2 Å². The molecule has 1 N–H and O–H groups in total. The van der Waals surface area contributed by atoms with Gasteiger partial charge in [0.05, 0.1) is 0 Å². The summed E-state index contributed by atoms with van der Waals surface area (Å²) in [7, 11) is 0. The number of aromatic nitrogens is 3. The first-order valence-corrected chi connectivity index (χ1v) is 9.94. The molecule has 2 aromatic rings. The molecule has 148 valence electrons. The average molecular weight is 382 g/mol. The summed E-state index contributed by atoms with van der Waals surface area (Å²) in [5, 5.41) is 2.97. The van der Waals surface area contributed by atoms with Gasteiger partial charge < -0.3 is 19.9 Å². The summed E-state index contributed by atoms with van der Waals surface area (Å²) < 4.78 is 5.88. The molecule has 2 fully saturated rings. The predicted molar refractivity (Wildman–Crippen MR) is 105 cm³/mol. The third-order valence-corrected chi connectivity index (χ3v) is 5.23. The molecule has 0 radical (unpaired) electrons. The van der Waals surface area contributed by atoms with Gasteiger partial charge in [0.1, 0.15) is 6.10 Å². The first-order valence-electron chi connectivity index (χ1n) is 9.94. The molecular weight excluding hydrogens is 356 g/mol. The molecule has 1 aliphatic carbocycles. The molecule has 0 aromatic carbocycles. The number of hydrogen-bond acceptors (Lipinski definition) is 6. The molecule has 3 heterocycles. The standard InChI is InChI=1S/C20H26N6O2/c27-20(26-12-10-25(11-13-26)19-21-8-3-9-22-19)24-15-16-6-7-18(23-14-16)28-17-4-1-2-5-17/h3,6-9,14,17H,1-2,4-5,10-13,15H2,(H,24,27). The molecule has 4 rings (SSSR count). The van der Waals surface area contributed by atoms with Crippen LogP contribution >= 0.6 is 0 Å². The summed E-state index contributed by atoms with van der Waals surface area (Å²) in [6.07, 6.45) is 10.3. The molecular formula is C20H26N6O2. The van der Waals surface area contributed by atoms with Crippen LogP contribution < -0.4 is 15.0 Å². The lowest BCUT2D eigenvalue weighted by atomic mass is 10.3. The number of carbonyl (C=O) groups is 1. The van der Waals surface area contributed by atoms with Crippen LogP contribution in [0.25, 0.3) is 0 Å². The predicted octanol–water partition coefficient (Wildman–Crippen LogP) is 2.22. The maximum atomic E-state index is 12.4. The van der Waals surface area contributed by atoms with Gasteiger partial charge in [-0.25, -0.2) is 19.7 Å². The normalized spacial score (nSPS) is 17.6. The number of amides is 2. The molecule has 0 unspecified atom stereocenters. The van der Waals surface area contributed by atoms with Crippen LogP contribution in [-0.4, -0.2) is 58.2 Å². The Kier molecular flexibility index (Phi) is 5.84. The minimum atomic E-state index is -0.0556. The number of hydrogen-bond donors (Lipinski definition) is 1. The van der Waals surface area contributed by atoms with Crippen LogP contribution in [0.4, 0.5) is 10.7 Å². The number of anilines is 1. The highest BCUT2D eigenvalue weighted by Crippen LogP contribution is 2.22. The molecule has 8 heteroatoms. The fourth-order valence-corrected chi connectivity index (χ4v) is 3.62. The summed E-state index contributed by atoms with van der Waals surface area (Å²) in [6.45, 7) is 3.21. The van der Waals surface area contributed by atoms with E-state index in [0.29, 0.717) is 37.6 Å². The first-order chi connectivity index (χ1) is 13.8. The zero-order valence-corrected chi connectivity index (χ0v) is 16.0. The van der Waals surface area contributed by atoms with Gasteiger partial charge in [0.2, 0.25) is 11.8 Å². The summed E-state index contributed by atoms with van der Waals surface area (Å²) in [4.78, 5) is 29.3. The van der Waals surface area contributed by atoms with Gasteiger partial charge in [-0.1, -0.05) is 6.07 Å². The molecule has 2 aliphatic rings. The maximum absolute atomic E-state index is 12.4. The SMILES string of the molecule is O=C(NCc1ccc(OC2CCCC2)nc1)N1CCN(c2ncccn2)CC1. The second-order valence-electron chi connectivity index (χ2n) is 7.21. The number of piperazine rings is 1. The molecule has 0 atom stereocenters. The lowest BCUT2D eigenvalue weighted by Gasteiger charge is -2.34. The van der Waals surface area contributed by atoms with Crippen molar-refractivity contribution in [3.8, 4) is 5.88 Å². The molecule has 1 saturated carbocycles. The minimum absolute atomic E-state index is 0.0556.